The molecule has 0 amide bonds. The van der Waals surface area contributed by atoms with Crippen LogP contribution in [0.2, 0.25) is 0 Å². The first-order chi connectivity index (χ1) is 8.00. The molecule has 23 heavy (non-hydrogen) atoms. The largest absolute Gasteiger partial charge is 3.00 e. The van der Waals surface area contributed by atoms with Crippen molar-refractivity contribution >= 4 is 76.3 Å². The van der Waals surface area contributed by atoms with Crippen LogP contribution in [0.15, 0.2) is 0 Å². The monoisotopic (exact) mass is 502 g/mol. The summed E-state index contributed by atoms with van der Waals surface area (Å²) in [6.45, 7) is 0. The zero-order valence-electron chi connectivity index (χ0n) is 10.0. The third-order valence-electron chi connectivity index (χ3n) is 0. The van der Waals surface area contributed by atoms with Crippen molar-refractivity contribution in [1.29, 1.82) is 0 Å². The van der Waals surface area contributed by atoms with Crippen molar-refractivity contribution in [2.75, 3.05) is 0 Å². The van der Waals surface area contributed by atoms with Gasteiger partial charge in [0.1, 0.15) is 0 Å². The Morgan fingerprint density at radius 3 is 0.348 bits per heavy atom. The number of rotatable bonds is 0. The Balaban J connectivity index is -0.0000000284. The van der Waals surface area contributed by atoms with Crippen LogP contribution >= 0.6 is 0 Å². The number of hydrogen-bond acceptors (Lipinski definition) is 16. The molecule has 0 bridgehead atoms. The van der Waals surface area contributed by atoms with Gasteiger partial charge in [-0.15, -0.1) is 0 Å². The van der Waals surface area contributed by atoms with E-state index >= 15 is 0 Å². The molecule has 0 spiro atoms. The molecule has 128 valence electrons. The molecule has 0 aromatic carbocycles. The molecule has 0 rings (SSSR count). The van der Waals surface area contributed by atoms with Crippen LogP contribution < -0.4 is 0 Å². The predicted molar refractivity (Wildman–Crippen MR) is 53.4 cm³/mol. The van der Waals surface area contributed by atoms with Crippen molar-refractivity contribution < 1.29 is 89.6 Å². The van der Waals surface area contributed by atoms with E-state index in [0.29, 0.717) is 0 Å². The summed E-state index contributed by atoms with van der Waals surface area (Å²) >= 11 is 0. The van der Waals surface area contributed by atoms with Crippen LogP contribution in [0, 0.1) is 0 Å². The Morgan fingerprint density at radius 2 is 0.348 bits per heavy atom. The topological polar surface area (TPSA) is 321 Å². The molecule has 0 aromatic rings. The van der Waals surface area contributed by atoms with E-state index in [0.717, 1.165) is 0 Å². The SMILES string of the molecule is O=S(=O)([O-])[O-].O=S(=O)([O-])[O-].O=S(=O)([O-])[O-].O=S(=O)([O-])[O-].[Al+3].[Al+3].[Zn+2]. The van der Waals surface area contributed by atoms with Gasteiger partial charge in [-0.25, -0.2) is 0 Å². The Kier molecular flexibility index (Phi) is 34.4. The van der Waals surface area contributed by atoms with Crippen LogP contribution in [-0.4, -0.2) is 105 Å². The maximum absolute atomic E-state index is 8.52. The molecular weight excluding hydrogens is 504 g/mol. The third-order valence-corrected chi connectivity index (χ3v) is 0. The zero-order chi connectivity index (χ0) is 18.0. The molecular formula is Al2O16S4Zn. The standard InChI is InChI=1S/2Al.4H2O4S.Zn/c;;4*1-5(2,3)4;/h;;4*(H2,1,2,3,4);/q2*+3;;;;;+2/p-8. The van der Waals surface area contributed by atoms with Gasteiger partial charge in [-0.3, -0.25) is 33.7 Å². The third kappa shape index (κ3) is 7610. The van der Waals surface area contributed by atoms with Gasteiger partial charge in [0.05, 0.1) is 0 Å². The van der Waals surface area contributed by atoms with Crippen LogP contribution in [0.3, 0.4) is 0 Å². The second-order valence-electron chi connectivity index (χ2n) is 1.63. The van der Waals surface area contributed by atoms with Crippen LogP contribution in [0.25, 0.3) is 0 Å². The maximum Gasteiger partial charge on any atom is 3.00 e. The molecule has 0 aromatic heterocycles. The van der Waals surface area contributed by atoms with E-state index in [1.165, 1.54) is 0 Å². The molecule has 0 heterocycles. The normalized spacial score (nSPS) is 10.1. The molecule has 0 atom stereocenters. The molecule has 16 nitrogen and oxygen atoms in total. The second-order valence-corrected chi connectivity index (χ2v) is 4.90. The van der Waals surface area contributed by atoms with Gasteiger partial charge in [0.25, 0.3) is 0 Å². The van der Waals surface area contributed by atoms with Crippen molar-refractivity contribution in [2.45, 2.75) is 0 Å². The fourth-order valence-electron chi connectivity index (χ4n) is 0. The minimum atomic E-state index is -5.17. The first kappa shape index (κ1) is 44.0. The van der Waals surface area contributed by atoms with Crippen molar-refractivity contribution in [3.8, 4) is 0 Å². The van der Waals surface area contributed by atoms with E-state index < -0.39 is 41.6 Å². The summed E-state index contributed by atoms with van der Waals surface area (Å²) in [5.41, 5.74) is 0. The van der Waals surface area contributed by atoms with E-state index in [-0.39, 0.29) is 54.2 Å². The summed E-state index contributed by atoms with van der Waals surface area (Å²) in [6, 6.07) is 0. The minimum Gasteiger partial charge on any atom is -0.759 e. The van der Waals surface area contributed by atoms with E-state index in [9.17, 15) is 0 Å². The zero-order valence-corrected chi connectivity index (χ0v) is 18.6. The summed E-state index contributed by atoms with van der Waals surface area (Å²) in [7, 11) is -20.7. The van der Waals surface area contributed by atoms with Crippen molar-refractivity contribution in [3.63, 3.8) is 0 Å². The van der Waals surface area contributed by atoms with Crippen LogP contribution in [0.5, 0.6) is 0 Å². The molecule has 0 saturated carbocycles. The van der Waals surface area contributed by atoms with Crippen LogP contribution in [0.1, 0.15) is 0 Å². The Hall–Kier alpha value is 1.17. The summed E-state index contributed by atoms with van der Waals surface area (Å²) in [5.74, 6) is 0. The molecule has 0 N–H and O–H groups in total. The van der Waals surface area contributed by atoms with E-state index in [4.69, 9.17) is 70.1 Å². The molecule has 0 aliphatic carbocycles. The molecule has 0 aliphatic heterocycles. The second kappa shape index (κ2) is 18.0. The molecule has 0 fully saturated rings. The van der Waals surface area contributed by atoms with E-state index in [2.05, 4.69) is 0 Å². The molecule has 0 aliphatic rings. The molecule has 23 heteroatoms. The van der Waals surface area contributed by atoms with E-state index in [1.54, 1.807) is 0 Å². The van der Waals surface area contributed by atoms with Crippen LogP contribution in [0.4, 0.5) is 0 Å². The smallest absolute Gasteiger partial charge is 0.759 e. The van der Waals surface area contributed by atoms with Crippen molar-refractivity contribution in [2.24, 2.45) is 0 Å². The summed E-state index contributed by atoms with van der Waals surface area (Å²) in [4.78, 5) is 0. The Morgan fingerprint density at radius 1 is 0.348 bits per heavy atom. The average molecular weight is 504 g/mol. The van der Waals surface area contributed by atoms with E-state index in [1.807, 2.05) is 0 Å². The molecule has 0 radical (unpaired) electrons. The summed E-state index contributed by atoms with van der Waals surface area (Å²) in [6.07, 6.45) is 0. The molecule has 0 saturated heterocycles. The van der Waals surface area contributed by atoms with Gasteiger partial charge < -0.3 is 36.4 Å². The summed E-state index contributed by atoms with van der Waals surface area (Å²) < 4.78 is 136. The van der Waals surface area contributed by atoms with Gasteiger partial charge in [-0.05, 0) is 0 Å². The van der Waals surface area contributed by atoms with Gasteiger partial charge in [0.15, 0.2) is 0 Å². The van der Waals surface area contributed by atoms with Crippen molar-refractivity contribution in [3.05, 3.63) is 0 Å². The van der Waals surface area contributed by atoms with Crippen molar-refractivity contribution in [1.82, 2.24) is 0 Å². The fraction of sp³-hybridized carbons (Fsp3) is 0. The first-order valence-electron chi connectivity index (χ1n) is 2.67. The Labute approximate surface area is 165 Å². The average Bonchev–Trinajstić information content (AvgIpc) is 1.62. The quantitative estimate of drug-likeness (QED) is 0.168. The first-order valence-corrected chi connectivity index (χ1v) is 8.00. The van der Waals surface area contributed by atoms with Gasteiger partial charge in [-0.1, -0.05) is 0 Å². The van der Waals surface area contributed by atoms with Gasteiger partial charge in [0, 0.05) is 41.6 Å². The summed E-state index contributed by atoms with van der Waals surface area (Å²) in [5, 5.41) is 0. The van der Waals surface area contributed by atoms with Gasteiger partial charge >= 0.3 is 54.2 Å². The van der Waals surface area contributed by atoms with Crippen LogP contribution in [-0.2, 0) is 61.1 Å². The van der Waals surface area contributed by atoms with Gasteiger partial charge in [0.2, 0.25) is 0 Å². The fourth-order valence-corrected chi connectivity index (χ4v) is 0. The number of hydrogen-bond donors (Lipinski definition) is 0. The maximum atomic E-state index is 8.52. The predicted octanol–water partition coefficient (Wildman–Crippen LogP) is -6.12. The minimum absolute atomic E-state index is 0. The van der Waals surface area contributed by atoms with Gasteiger partial charge in [-0.2, -0.15) is 0 Å². The molecule has 0 unspecified atom stereocenters. The Bertz CT molecular complexity index is 483.